The van der Waals surface area contributed by atoms with Gasteiger partial charge in [-0.1, -0.05) is 23.7 Å². The third-order valence-corrected chi connectivity index (χ3v) is 2.76. The Kier molecular flexibility index (Phi) is 4.79. The molecule has 0 unspecified atom stereocenters. The smallest absolute Gasteiger partial charge is 0.445 e. The first-order valence-electron chi connectivity index (χ1n) is 4.48. The van der Waals surface area contributed by atoms with Gasteiger partial charge < -0.3 is 12.9 Å². The van der Waals surface area contributed by atoms with Gasteiger partial charge in [-0.25, -0.2) is 0 Å². The molecule has 0 aliphatic heterocycles. The predicted octanol–water partition coefficient (Wildman–Crippen LogP) is 0.276. The van der Waals surface area contributed by atoms with E-state index in [1.54, 1.807) is 0 Å². The van der Waals surface area contributed by atoms with Gasteiger partial charge in [0.15, 0.2) is 0 Å². The standard InChI is InChI=1S/C9H8BClF3.K/c11-9-4-3-7(10(12,13)14)5-8(9)6-1-2-6;/h3-6H,1-2H2;/q-1;+1. The Bertz CT molecular complexity index is 363. The van der Waals surface area contributed by atoms with Gasteiger partial charge in [-0.15, -0.1) is 5.46 Å². The topological polar surface area (TPSA) is 0 Å². The quantitative estimate of drug-likeness (QED) is 0.669. The van der Waals surface area contributed by atoms with Crippen LogP contribution >= 0.6 is 11.6 Å². The maximum absolute atomic E-state index is 12.4. The maximum atomic E-state index is 12.4. The summed E-state index contributed by atoms with van der Waals surface area (Å²) in [7, 11) is 0. The van der Waals surface area contributed by atoms with Crippen molar-refractivity contribution in [2.75, 3.05) is 0 Å². The molecule has 0 amide bonds. The van der Waals surface area contributed by atoms with Crippen molar-refractivity contribution in [2.24, 2.45) is 0 Å². The van der Waals surface area contributed by atoms with Crippen molar-refractivity contribution >= 4 is 24.0 Å². The Morgan fingerprint density at radius 1 is 1.20 bits per heavy atom. The molecule has 0 radical (unpaired) electrons. The first-order valence-corrected chi connectivity index (χ1v) is 4.85. The van der Waals surface area contributed by atoms with Gasteiger partial charge in [0.25, 0.3) is 0 Å². The summed E-state index contributed by atoms with van der Waals surface area (Å²) in [4.78, 5) is 0. The van der Waals surface area contributed by atoms with Crippen molar-refractivity contribution in [3.63, 3.8) is 0 Å². The van der Waals surface area contributed by atoms with E-state index in [1.807, 2.05) is 0 Å². The van der Waals surface area contributed by atoms with Gasteiger partial charge >= 0.3 is 58.4 Å². The second-order valence-electron chi connectivity index (χ2n) is 3.63. The van der Waals surface area contributed by atoms with E-state index in [-0.39, 0.29) is 57.3 Å². The molecule has 76 valence electrons. The van der Waals surface area contributed by atoms with Gasteiger partial charge in [-0.2, -0.15) is 0 Å². The van der Waals surface area contributed by atoms with Gasteiger partial charge in [0.1, 0.15) is 0 Å². The normalized spacial score (nSPS) is 16.0. The molecule has 6 heteroatoms. The fraction of sp³-hybridized carbons (Fsp3) is 0.333. The Morgan fingerprint density at radius 3 is 2.27 bits per heavy atom. The van der Waals surface area contributed by atoms with E-state index in [1.165, 1.54) is 12.1 Å². The monoisotopic (exact) mass is 258 g/mol. The molecule has 0 aromatic heterocycles. The van der Waals surface area contributed by atoms with E-state index in [0.29, 0.717) is 10.6 Å². The van der Waals surface area contributed by atoms with Crippen molar-refractivity contribution < 1.29 is 64.3 Å². The minimum absolute atomic E-state index is 0. The Balaban J connectivity index is 0.00000112. The van der Waals surface area contributed by atoms with E-state index in [9.17, 15) is 12.9 Å². The summed E-state index contributed by atoms with van der Waals surface area (Å²) < 4.78 is 37.2. The van der Waals surface area contributed by atoms with Crippen LogP contribution < -0.4 is 56.8 Å². The van der Waals surface area contributed by atoms with Crippen LogP contribution in [0.1, 0.15) is 24.3 Å². The van der Waals surface area contributed by atoms with Crippen molar-refractivity contribution in [3.8, 4) is 0 Å². The zero-order chi connectivity index (χ0) is 10.3. The summed E-state index contributed by atoms with van der Waals surface area (Å²) in [5.74, 6) is 0.251. The number of halogens is 4. The molecule has 1 aliphatic rings. The van der Waals surface area contributed by atoms with Gasteiger partial charge in [0.05, 0.1) is 0 Å². The molecule has 0 bridgehead atoms. The zero-order valence-corrected chi connectivity index (χ0v) is 12.2. The van der Waals surface area contributed by atoms with Crippen molar-refractivity contribution in [1.82, 2.24) is 0 Å². The summed E-state index contributed by atoms with van der Waals surface area (Å²) in [6.45, 7) is -4.90. The number of hydrogen-bond donors (Lipinski definition) is 0. The van der Waals surface area contributed by atoms with Crippen LogP contribution in [-0.4, -0.2) is 6.98 Å². The second-order valence-corrected chi connectivity index (χ2v) is 4.04. The number of rotatable bonds is 2. The predicted molar refractivity (Wildman–Crippen MR) is 52.1 cm³/mol. The summed E-state index contributed by atoms with van der Waals surface area (Å²) in [6, 6.07) is 3.59. The van der Waals surface area contributed by atoms with Gasteiger partial charge in [-0.3, -0.25) is 0 Å². The van der Waals surface area contributed by atoms with Crippen LogP contribution in [0.2, 0.25) is 5.02 Å². The molecule has 0 N–H and O–H groups in total. The molecule has 2 rings (SSSR count). The average Bonchev–Trinajstić information content (AvgIpc) is 2.85. The van der Waals surface area contributed by atoms with Crippen LogP contribution in [0.3, 0.4) is 0 Å². The fourth-order valence-corrected chi connectivity index (χ4v) is 1.74. The molecule has 1 saturated carbocycles. The van der Waals surface area contributed by atoms with Crippen LogP contribution in [0.15, 0.2) is 18.2 Å². The largest absolute Gasteiger partial charge is 1.00 e. The molecule has 0 nitrogen and oxygen atoms in total. The van der Waals surface area contributed by atoms with Crippen molar-refractivity contribution in [1.29, 1.82) is 0 Å². The Hall–Kier alpha value is 1.00. The Labute approximate surface area is 134 Å². The molecular weight excluding hydrogens is 250 g/mol. The Morgan fingerprint density at radius 2 is 1.80 bits per heavy atom. The molecule has 0 spiro atoms. The van der Waals surface area contributed by atoms with Crippen LogP contribution in [0, 0.1) is 0 Å². The minimum Gasteiger partial charge on any atom is -0.445 e. The molecular formula is C9H8BClF3K. The summed E-state index contributed by atoms with van der Waals surface area (Å²) in [5.41, 5.74) is 0.111. The van der Waals surface area contributed by atoms with E-state index in [0.717, 1.165) is 18.9 Å². The van der Waals surface area contributed by atoms with E-state index in [2.05, 4.69) is 0 Å². The number of hydrogen-bond acceptors (Lipinski definition) is 0. The number of benzene rings is 1. The summed E-state index contributed by atoms with van der Waals surface area (Å²) in [5, 5.41) is 0.455. The summed E-state index contributed by atoms with van der Waals surface area (Å²) in [6.07, 6.45) is 1.90. The fourth-order valence-electron chi connectivity index (χ4n) is 1.47. The van der Waals surface area contributed by atoms with Crippen LogP contribution in [-0.2, 0) is 0 Å². The summed E-state index contributed by atoms with van der Waals surface area (Å²) >= 11 is 5.82. The third-order valence-electron chi connectivity index (χ3n) is 2.42. The molecule has 1 fully saturated rings. The van der Waals surface area contributed by atoms with E-state index < -0.39 is 12.4 Å². The molecule has 15 heavy (non-hydrogen) atoms. The first kappa shape index (κ1) is 14.1. The first-order chi connectivity index (χ1) is 6.48. The average molecular weight is 259 g/mol. The minimum atomic E-state index is -4.90. The van der Waals surface area contributed by atoms with Gasteiger partial charge in [0.2, 0.25) is 0 Å². The zero-order valence-electron chi connectivity index (χ0n) is 8.31. The molecule has 1 aromatic rings. The van der Waals surface area contributed by atoms with E-state index >= 15 is 0 Å². The van der Waals surface area contributed by atoms with Gasteiger partial charge in [-0.05, 0) is 30.4 Å². The molecule has 0 atom stereocenters. The third kappa shape index (κ3) is 3.48. The molecule has 0 saturated heterocycles. The van der Waals surface area contributed by atoms with Crippen LogP contribution in [0.5, 0.6) is 0 Å². The van der Waals surface area contributed by atoms with Crippen LogP contribution in [0.4, 0.5) is 12.9 Å². The maximum Gasteiger partial charge on any atom is 1.00 e. The van der Waals surface area contributed by atoms with E-state index in [4.69, 9.17) is 11.6 Å². The molecule has 1 aliphatic carbocycles. The van der Waals surface area contributed by atoms with Crippen molar-refractivity contribution in [2.45, 2.75) is 18.8 Å². The molecule has 1 aromatic carbocycles. The van der Waals surface area contributed by atoms with Crippen LogP contribution in [0.25, 0.3) is 0 Å². The SMILES string of the molecule is F[B-](F)(F)c1ccc(Cl)c(C2CC2)c1.[K+]. The van der Waals surface area contributed by atoms with Gasteiger partial charge in [0, 0.05) is 5.02 Å². The second kappa shape index (κ2) is 5.11. The van der Waals surface area contributed by atoms with Crippen molar-refractivity contribution in [3.05, 3.63) is 28.8 Å². The molecule has 0 heterocycles.